The molecule has 31 heavy (non-hydrogen) atoms. The normalized spacial score (nSPS) is 11.5. The van der Waals surface area contributed by atoms with Gasteiger partial charge in [-0.3, -0.25) is 0 Å². The Bertz CT molecular complexity index is 1050. The zero-order valence-corrected chi connectivity index (χ0v) is 18.2. The van der Waals surface area contributed by atoms with Crippen molar-refractivity contribution in [2.45, 2.75) is 19.4 Å². The third-order valence-corrected chi connectivity index (χ3v) is 4.84. The van der Waals surface area contributed by atoms with Crippen LogP contribution in [0.3, 0.4) is 0 Å². The summed E-state index contributed by atoms with van der Waals surface area (Å²) in [5, 5.41) is 0.724. The summed E-state index contributed by atoms with van der Waals surface area (Å²) in [5.74, 6) is -0.872. The van der Waals surface area contributed by atoms with Gasteiger partial charge in [0.1, 0.15) is 17.1 Å². The highest BCUT2D eigenvalue weighted by Gasteiger charge is 2.22. The van der Waals surface area contributed by atoms with E-state index in [9.17, 15) is 9.59 Å². The molecule has 0 radical (unpaired) electrons. The topological polar surface area (TPSA) is 61.8 Å². The molecule has 0 N–H and O–H groups in total. The molecule has 0 saturated heterocycles. The Morgan fingerprint density at radius 3 is 2.35 bits per heavy atom. The first-order chi connectivity index (χ1) is 14.9. The van der Waals surface area contributed by atoms with Crippen LogP contribution in [0.25, 0.3) is 0 Å². The van der Waals surface area contributed by atoms with Gasteiger partial charge in [-0.05, 0) is 42.8 Å². The molecule has 0 fully saturated rings. The van der Waals surface area contributed by atoms with Crippen LogP contribution in [-0.4, -0.2) is 24.6 Å². The lowest BCUT2D eigenvalue weighted by atomic mass is 10.2. The zero-order valence-electron chi connectivity index (χ0n) is 16.7. The fourth-order valence-electron chi connectivity index (χ4n) is 2.71. The number of hydrogen-bond donors (Lipinski definition) is 0. The van der Waals surface area contributed by atoms with E-state index in [0.29, 0.717) is 17.2 Å². The molecule has 3 rings (SSSR count). The highest BCUT2D eigenvalue weighted by Crippen LogP contribution is 2.28. The molecule has 0 aliphatic heterocycles. The smallest absolute Gasteiger partial charge is 0.352 e. The van der Waals surface area contributed by atoms with Crippen LogP contribution < -0.4 is 9.47 Å². The van der Waals surface area contributed by atoms with Gasteiger partial charge >= 0.3 is 11.9 Å². The van der Waals surface area contributed by atoms with Gasteiger partial charge in [0, 0.05) is 11.4 Å². The summed E-state index contributed by atoms with van der Waals surface area (Å²) >= 11 is 11.9. The van der Waals surface area contributed by atoms with Crippen LogP contribution >= 0.6 is 23.2 Å². The predicted octanol–water partition coefficient (Wildman–Crippen LogP) is 5.77. The molecule has 0 saturated carbocycles. The van der Waals surface area contributed by atoms with E-state index in [1.54, 1.807) is 24.3 Å². The van der Waals surface area contributed by atoms with Crippen LogP contribution in [0, 0.1) is 0 Å². The summed E-state index contributed by atoms with van der Waals surface area (Å²) in [6.07, 6.45) is -0.387. The van der Waals surface area contributed by atoms with Crippen molar-refractivity contribution in [1.29, 1.82) is 0 Å². The summed E-state index contributed by atoms with van der Waals surface area (Å²) in [6, 6.07) is 20.7. The molecule has 0 aliphatic carbocycles. The first-order valence-electron chi connectivity index (χ1n) is 9.57. The summed E-state index contributed by atoms with van der Waals surface area (Å²) in [5.41, 5.74) is 1.21. The van der Waals surface area contributed by atoms with Crippen molar-refractivity contribution in [3.8, 4) is 11.5 Å². The van der Waals surface area contributed by atoms with E-state index in [4.69, 9.17) is 37.4 Å². The van der Waals surface area contributed by atoms with Gasteiger partial charge in [0.2, 0.25) is 0 Å². The van der Waals surface area contributed by atoms with E-state index in [1.807, 2.05) is 30.3 Å². The van der Waals surface area contributed by atoms with Crippen LogP contribution in [0.4, 0.5) is 0 Å². The monoisotopic (exact) mass is 458 g/mol. The molecule has 0 amide bonds. The van der Waals surface area contributed by atoms with Crippen molar-refractivity contribution >= 4 is 35.1 Å². The molecule has 3 aromatic rings. The molecule has 160 valence electrons. The highest BCUT2D eigenvalue weighted by atomic mass is 35.5. The second-order valence-electron chi connectivity index (χ2n) is 6.62. The van der Waals surface area contributed by atoms with E-state index < -0.39 is 18.0 Å². The standard InChI is InChI=1S/C24H20Cl2O5/c1-16(30-22-12-11-18(25)15-20(22)26)23(27)31-21-10-6-5-9-19(21)24(28)29-14-13-17-7-3-2-4-8-17/h2-12,15-16H,13-14H2,1H3. The van der Waals surface area contributed by atoms with E-state index in [2.05, 4.69) is 0 Å². The SMILES string of the molecule is CC(Oc1ccc(Cl)cc1Cl)C(=O)Oc1ccccc1C(=O)OCCc1ccccc1. The minimum atomic E-state index is -0.971. The summed E-state index contributed by atoms with van der Waals surface area (Å²) in [4.78, 5) is 25.0. The summed E-state index contributed by atoms with van der Waals surface area (Å²) < 4.78 is 16.3. The lowest BCUT2D eigenvalue weighted by Crippen LogP contribution is -2.29. The first kappa shape index (κ1) is 22.7. The van der Waals surface area contributed by atoms with Gasteiger partial charge in [0.15, 0.2) is 6.10 Å². The minimum Gasteiger partial charge on any atom is -0.477 e. The number of hydrogen-bond acceptors (Lipinski definition) is 5. The molecule has 0 aliphatic rings. The van der Waals surface area contributed by atoms with Gasteiger partial charge in [0.05, 0.1) is 11.6 Å². The number of carbonyl (C=O) groups is 2. The molecule has 0 spiro atoms. The number of carbonyl (C=O) groups excluding carboxylic acids is 2. The van der Waals surface area contributed by atoms with Crippen LogP contribution in [0.15, 0.2) is 72.8 Å². The third-order valence-electron chi connectivity index (χ3n) is 4.31. The van der Waals surface area contributed by atoms with Gasteiger partial charge in [-0.2, -0.15) is 0 Å². The third kappa shape index (κ3) is 6.48. The Kier molecular flexibility index (Phi) is 7.93. The largest absolute Gasteiger partial charge is 0.477 e. The number of rotatable bonds is 8. The number of halogens is 2. The van der Waals surface area contributed by atoms with E-state index in [-0.39, 0.29) is 22.9 Å². The Morgan fingerprint density at radius 1 is 0.903 bits per heavy atom. The maximum absolute atomic E-state index is 12.5. The molecule has 1 unspecified atom stereocenters. The second-order valence-corrected chi connectivity index (χ2v) is 7.47. The van der Waals surface area contributed by atoms with Crippen molar-refractivity contribution in [1.82, 2.24) is 0 Å². The van der Waals surface area contributed by atoms with Gasteiger partial charge in [-0.25, -0.2) is 9.59 Å². The molecule has 3 aromatic carbocycles. The van der Waals surface area contributed by atoms with Crippen molar-refractivity contribution in [3.05, 3.63) is 94.0 Å². The molecule has 1 atom stereocenters. The highest BCUT2D eigenvalue weighted by molar-refractivity contribution is 6.35. The summed E-state index contributed by atoms with van der Waals surface area (Å²) in [6.45, 7) is 1.73. The molecule has 0 bridgehead atoms. The molecule has 7 heteroatoms. The number of benzene rings is 3. The average Bonchev–Trinajstić information content (AvgIpc) is 2.76. The Morgan fingerprint density at radius 2 is 1.61 bits per heavy atom. The van der Waals surface area contributed by atoms with E-state index >= 15 is 0 Å². The molecular formula is C24H20Cl2O5. The second kappa shape index (κ2) is 10.8. The van der Waals surface area contributed by atoms with Gasteiger partial charge in [-0.15, -0.1) is 0 Å². The number of ether oxygens (including phenoxy) is 3. The fourth-order valence-corrected chi connectivity index (χ4v) is 3.16. The van der Waals surface area contributed by atoms with Crippen LogP contribution in [0.1, 0.15) is 22.8 Å². The van der Waals surface area contributed by atoms with E-state index in [1.165, 1.54) is 25.1 Å². The molecular weight excluding hydrogens is 439 g/mol. The van der Waals surface area contributed by atoms with Crippen LogP contribution in [0.2, 0.25) is 10.0 Å². The lowest BCUT2D eigenvalue weighted by Gasteiger charge is -2.16. The maximum atomic E-state index is 12.5. The van der Waals surface area contributed by atoms with E-state index in [0.717, 1.165) is 5.56 Å². The van der Waals surface area contributed by atoms with Crippen molar-refractivity contribution in [2.75, 3.05) is 6.61 Å². The van der Waals surface area contributed by atoms with Gasteiger partial charge in [-0.1, -0.05) is 65.7 Å². The molecule has 0 heterocycles. The Balaban J connectivity index is 1.61. The molecule has 0 aromatic heterocycles. The Hall–Kier alpha value is -3.02. The fraction of sp³-hybridized carbons (Fsp3) is 0.167. The first-order valence-corrected chi connectivity index (χ1v) is 10.3. The number of esters is 2. The lowest BCUT2D eigenvalue weighted by molar-refractivity contribution is -0.141. The van der Waals surface area contributed by atoms with Crippen LogP contribution in [-0.2, 0) is 16.0 Å². The minimum absolute atomic E-state index is 0.0925. The van der Waals surface area contributed by atoms with Gasteiger partial charge < -0.3 is 14.2 Å². The van der Waals surface area contributed by atoms with Gasteiger partial charge in [0.25, 0.3) is 0 Å². The molecule has 5 nitrogen and oxygen atoms in total. The number of para-hydroxylation sites is 1. The quantitative estimate of drug-likeness (QED) is 0.316. The zero-order chi connectivity index (χ0) is 22.2. The summed E-state index contributed by atoms with van der Waals surface area (Å²) in [7, 11) is 0. The predicted molar refractivity (Wildman–Crippen MR) is 119 cm³/mol. The Labute approximate surface area is 190 Å². The average molecular weight is 459 g/mol. The van der Waals surface area contributed by atoms with Crippen LogP contribution in [0.5, 0.6) is 11.5 Å². The maximum Gasteiger partial charge on any atom is 0.352 e. The van der Waals surface area contributed by atoms with Crippen molar-refractivity contribution in [2.24, 2.45) is 0 Å². The van der Waals surface area contributed by atoms with Crippen molar-refractivity contribution < 1.29 is 23.8 Å². The van der Waals surface area contributed by atoms with Crippen molar-refractivity contribution in [3.63, 3.8) is 0 Å².